The number of aryl methyl sites for hydroxylation is 3. The standard InChI is InChI=1S/C24H32FN3O2.2C7H8O3S/c1-17-26-8-11-28(17)13-12-27-9-6-24(7-10-27)15-20-22(29-16-24)19-14-18(25)4-5-21(19)30-23(20,2)3;2*1-6-2-4-7(5-3-6)11(8,9)10/h4-5,8,11,14,20,22H,6-7,9-10,12-13,15-16H2,1-3H3;2*2-5H,1H3,(H,8,9,10)/t20-,22+;;/m1../s1. The molecule has 0 radical (unpaired) electrons. The Morgan fingerprint density at radius 3 is 1.90 bits per heavy atom. The van der Waals surface area contributed by atoms with Gasteiger partial charge in [0.2, 0.25) is 0 Å². The SMILES string of the molecule is Cc1ccc(S(=O)(=O)O)cc1.Cc1ccc(S(=O)(=O)O)cc1.Cc1nccn1CCN1CCC2(CC1)CO[C@H]1c3cc(F)ccc3OC(C)(C)[C@@H]1C2. The van der Waals surface area contributed by atoms with Crippen molar-refractivity contribution in [1.29, 1.82) is 0 Å². The van der Waals surface area contributed by atoms with Gasteiger partial charge < -0.3 is 18.9 Å². The Hall–Kier alpha value is -3.66. The van der Waals surface area contributed by atoms with Crippen molar-refractivity contribution >= 4 is 20.2 Å². The summed E-state index contributed by atoms with van der Waals surface area (Å²) in [5.41, 5.74) is 2.67. The van der Waals surface area contributed by atoms with Gasteiger partial charge in [-0.1, -0.05) is 35.4 Å². The van der Waals surface area contributed by atoms with Gasteiger partial charge in [-0.15, -0.1) is 0 Å². The van der Waals surface area contributed by atoms with E-state index in [0.29, 0.717) is 0 Å². The summed E-state index contributed by atoms with van der Waals surface area (Å²) in [6.07, 6.45) is 7.22. The molecule has 2 N–H and O–H groups in total. The lowest BCUT2D eigenvalue weighted by Gasteiger charge is -2.54. The van der Waals surface area contributed by atoms with Gasteiger partial charge in [-0.2, -0.15) is 16.8 Å². The number of imidazole rings is 1. The Bertz CT molecular complexity index is 1970. The second-order valence-electron chi connectivity index (χ2n) is 14.5. The number of hydrogen-bond acceptors (Lipinski definition) is 8. The van der Waals surface area contributed by atoms with E-state index < -0.39 is 20.2 Å². The van der Waals surface area contributed by atoms with Crippen molar-refractivity contribution < 1.29 is 39.8 Å². The second-order valence-corrected chi connectivity index (χ2v) is 17.4. The zero-order valence-corrected chi connectivity index (χ0v) is 31.8. The molecule has 3 aliphatic rings. The summed E-state index contributed by atoms with van der Waals surface area (Å²) in [4.78, 5) is 6.74. The van der Waals surface area contributed by atoms with Gasteiger partial charge in [-0.3, -0.25) is 9.11 Å². The molecule has 2 fully saturated rings. The molecule has 2 atom stereocenters. The van der Waals surface area contributed by atoms with E-state index in [-0.39, 0.29) is 38.6 Å². The first-order valence-corrected chi connectivity index (χ1v) is 20.1. The van der Waals surface area contributed by atoms with Crippen LogP contribution in [0.4, 0.5) is 4.39 Å². The monoisotopic (exact) mass is 757 g/mol. The van der Waals surface area contributed by atoms with Gasteiger partial charge in [0.25, 0.3) is 20.2 Å². The molecule has 0 unspecified atom stereocenters. The maximum absolute atomic E-state index is 13.9. The largest absolute Gasteiger partial charge is 0.487 e. The van der Waals surface area contributed by atoms with Crippen LogP contribution < -0.4 is 4.74 Å². The Labute approximate surface area is 306 Å². The minimum atomic E-state index is -4.02. The molecule has 3 aromatic carbocycles. The Balaban J connectivity index is 0.000000194. The van der Waals surface area contributed by atoms with E-state index in [4.69, 9.17) is 18.6 Å². The Morgan fingerprint density at radius 1 is 0.846 bits per heavy atom. The summed E-state index contributed by atoms with van der Waals surface area (Å²) in [5, 5.41) is 0. The average Bonchev–Trinajstić information content (AvgIpc) is 3.49. The van der Waals surface area contributed by atoms with Gasteiger partial charge in [0.1, 0.15) is 23.0 Å². The fraction of sp³-hybridized carbons (Fsp3) is 0.447. The highest BCUT2D eigenvalue weighted by molar-refractivity contribution is 7.86. The van der Waals surface area contributed by atoms with Crippen LogP contribution in [0, 0.1) is 37.9 Å². The molecule has 11 nitrogen and oxygen atoms in total. The molecule has 282 valence electrons. The number of ether oxygens (including phenoxy) is 2. The van der Waals surface area contributed by atoms with Crippen LogP contribution >= 0.6 is 0 Å². The molecule has 52 heavy (non-hydrogen) atoms. The van der Waals surface area contributed by atoms with Gasteiger partial charge in [0.05, 0.1) is 22.5 Å². The fourth-order valence-corrected chi connectivity index (χ4v) is 7.99. The number of hydrogen-bond donors (Lipinski definition) is 2. The van der Waals surface area contributed by atoms with Crippen LogP contribution in [0.15, 0.2) is 88.9 Å². The van der Waals surface area contributed by atoms with Crippen molar-refractivity contribution in [1.82, 2.24) is 14.5 Å². The topological polar surface area (TPSA) is 148 Å². The summed E-state index contributed by atoms with van der Waals surface area (Å²) in [6.45, 7) is 15.0. The number of benzene rings is 3. The lowest BCUT2D eigenvalue weighted by Crippen LogP contribution is -2.54. The summed E-state index contributed by atoms with van der Waals surface area (Å²) < 4.78 is 88.0. The molecule has 1 aromatic heterocycles. The smallest absolute Gasteiger partial charge is 0.294 e. The third kappa shape index (κ3) is 9.85. The van der Waals surface area contributed by atoms with Crippen LogP contribution in [0.3, 0.4) is 0 Å². The zero-order valence-electron chi connectivity index (χ0n) is 30.2. The molecule has 14 heteroatoms. The first kappa shape index (κ1) is 39.5. The average molecular weight is 758 g/mol. The van der Waals surface area contributed by atoms with E-state index in [1.807, 2.05) is 20.0 Å². The summed E-state index contributed by atoms with van der Waals surface area (Å²) in [5.74, 6) is 1.86. The van der Waals surface area contributed by atoms with Crippen molar-refractivity contribution in [2.45, 2.75) is 81.9 Å². The van der Waals surface area contributed by atoms with Crippen molar-refractivity contribution in [3.05, 3.63) is 107 Å². The molecule has 0 aliphatic carbocycles. The molecular formula is C38H48FN3O8S2. The first-order chi connectivity index (χ1) is 24.3. The van der Waals surface area contributed by atoms with Gasteiger partial charge in [0.15, 0.2) is 0 Å². The first-order valence-electron chi connectivity index (χ1n) is 17.2. The Kier molecular flexibility index (Phi) is 12.0. The summed E-state index contributed by atoms with van der Waals surface area (Å²) in [7, 11) is -8.04. The molecule has 3 aliphatic heterocycles. The van der Waals surface area contributed by atoms with E-state index in [9.17, 15) is 21.2 Å². The van der Waals surface area contributed by atoms with Crippen molar-refractivity contribution in [3.8, 4) is 5.75 Å². The predicted octanol–water partition coefficient (Wildman–Crippen LogP) is 6.85. The van der Waals surface area contributed by atoms with Crippen LogP contribution in [0.25, 0.3) is 0 Å². The van der Waals surface area contributed by atoms with Gasteiger partial charge in [-0.25, -0.2) is 9.37 Å². The predicted molar refractivity (Wildman–Crippen MR) is 195 cm³/mol. The van der Waals surface area contributed by atoms with E-state index in [0.717, 1.165) is 80.3 Å². The highest BCUT2D eigenvalue weighted by atomic mass is 32.2. The second kappa shape index (κ2) is 15.7. The normalized spacial score (nSPS) is 20.6. The van der Waals surface area contributed by atoms with Crippen LogP contribution in [0.5, 0.6) is 5.75 Å². The fourth-order valence-electron chi connectivity index (χ4n) is 7.03. The zero-order chi connectivity index (χ0) is 37.9. The highest BCUT2D eigenvalue weighted by Crippen LogP contribution is 2.55. The molecule has 0 saturated carbocycles. The summed E-state index contributed by atoms with van der Waals surface area (Å²) in [6, 6.07) is 16.8. The molecule has 0 bridgehead atoms. The van der Waals surface area contributed by atoms with Gasteiger partial charge in [0, 0.05) is 37.0 Å². The quantitative estimate of drug-likeness (QED) is 0.207. The van der Waals surface area contributed by atoms with E-state index in [1.54, 1.807) is 36.4 Å². The van der Waals surface area contributed by atoms with E-state index >= 15 is 0 Å². The van der Waals surface area contributed by atoms with E-state index in [1.165, 1.54) is 30.3 Å². The lowest BCUT2D eigenvalue weighted by atomic mass is 9.64. The Morgan fingerprint density at radius 2 is 1.40 bits per heavy atom. The highest BCUT2D eigenvalue weighted by Gasteiger charge is 2.52. The number of likely N-dealkylation sites (tertiary alicyclic amines) is 1. The molecular weight excluding hydrogens is 710 g/mol. The molecule has 4 heterocycles. The number of halogens is 1. The van der Waals surface area contributed by atoms with Gasteiger partial charge in [-0.05, 0) is 115 Å². The number of fused-ring (bicyclic) bond motifs is 3. The van der Waals surface area contributed by atoms with Crippen LogP contribution in [0.1, 0.15) is 61.7 Å². The lowest BCUT2D eigenvalue weighted by molar-refractivity contribution is -0.174. The number of aromatic nitrogens is 2. The maximum atomic E-state index is 13.9. The maximum Gasteiger partial charge on any atom is 0.294 e. The van der Waals surface area contributed by atoms with Crippen molar-refractivity contribution in [3.63, 3.8) is 0 Å². The third-order valence-electron chi connectivity index (χ3n) is 10.3. The number of nitrogens with zero attached hydrogens (tertiary/aromatic N) is 3. The summed E-state index contributed by atoms with van der Waals surface area (Å²) >= 11 is 0. The van der Waals surface area contributed by atoms with Crippen LogP contribution in [0.2, 0.25) is 0 Å². The molecule has 1 spiro atoms. The van der Waals surface area contributed by atoms with Gasteiger partial charge >= 0.3 is 0 Å². The minimum absolute atomic E-state index is 0.0666. The van der Waals surface area contributed by atoms with Crippen molar-refractivity contribution in [2.24, 2.45) is 11.3 Å². The third-order valence-corrected chi connectivity index (χ3v) is 12.0. The van der Waals surface area contributed by atoms with Crippen LogP contribution in [-0.4, -0.2) is 72.2 Å². The minimum Gasteiger partial charge on any atom is -0.487 e. The number of rotatable bonds is 5. The van der Waals surface area contributed by atoms with Crippen molar-refractivity contribution in [2.75, 3.05) is 26.2 Å². The molecule has 0 amide bonds. The molecule has 4 aromatic rings. The number of piperidine rings is 1. The molecule has 2 saturated heterocycles. The van der Waals surface area contributed by atoms with Crippen LogP contribution in [-0.2, 0) is 31.5 Å². The van der Waals surface area contributed by atoms with E-state index in [2.05, 4.69) is 41.4 Å². The molecule has 7 rings (SSSR count).